The van der Waals surface area contributed by atoms with Gasteiger partial charge in [0.05, 0.1) is 5.75 Å². The molecule has 1 heterocycles. The van der Waals surface area contributed by atoms with E-state index in [1.807, 2.05) is 31.2 Å². The lowest BCUT2D eigenvalue weighted by Crippen LogP contribution is -2.29. The number of sulfonamides is 1. The molecular formula is C12H17NO2S. The molecule has 1 fully saturated rings. The summed E-state index contributed by atoms with van der Waals surface area (Å²) < 4.78 is 25.7. The molecule has 2 rings (SSSR count). The highest BCUT2D eigenvalue weighted by atomic mass is 32.2. The summed E-state index contributed by atoms with van der Waals surface area (Å²) in [5.41, 5.74) is 1.99. The summed E-state index contributed by atoms with van der Waals surface area (Å²) in [4.78, 5) is 0. The highest BCUT2D eigenvalue weighted by Crippen LogP contribution is 2.17. The predicted molar refractivity (Wildman–Crippen MR) is 64.6 cm³/mol. The van der Waals surface area contributed by atoms with Crippen molar-refractivity contribution < 1.29 is 8.42 Å². The number of hydrogen-bond donors (Lipinski definition) is 0. The first-order chi connectivity index (χ1) is 7.58. The first-order valence-electron chi connectivity index (χ1n) is 5.61. The maximum atomic E-state index is 12.0. The minimum absolute atomic E-state index is 0.134. The summed E-state index contributed by atoms with van der Waals surface area (Å²) in [6.45, 7) is 3.36. The molecule has 0 N–H and O–H groups in total. The average Bonchev–Trinajstić information content (AvgIpc) is 2.69. The van der Waals surface area contributed by atoms with Crippen LogP contribution in [0.15, 0.2) is 24.3 Å². The summed E-state index contributed by atoms with van der Waals surface area (Å²) in [6, 6.07) is 7.70. The van der Waals surface area contributed by atoms with Gasteiger partial charge in [0, 0.05) is 13.1 Å². The molecule has 1 saturated heterocycles. The van der Waals surface area contributed by atoms with Crippen molar-refractivity contribution in [3.8, 4) is 0 Å². The van der Waals surface area contributed by atoms with Crippen molar-refractivity contribution in [1.82, 2.24) is 4.31 Å². The minimum atomic E-state index is -3.10. The van der Waals surface area contributed by atoms with Crippen LogP contribution >= 0.6 is 0 Å². The monoisotopic (exact) mass is 239 g/mol. The largest absolute Gasteiger partial charge is 0.218 e. The van der Waals surface area contributed by atoms with E-state index >= 15 is 0 Å². The van der Waals surface area contributed by atoms with Gasteiger partial charge in [-0.3, -0.25) is 0 Å². The Morgan fingerprint density at radius 3 is 2.56 bits per heavy atom. The third-order valence-corrected chi connectivity index (χ3v) is 4.74. The zero-order valence-electron chi connectivity index (χ0n) is 9.52. The van der Waals surface area contributed by atoms with E-state index in [4.69, 9.17) is 0 Å². The first kappa shape index (κ1) is 11.6. The second-order valence-electron chi connectivity index (χ2n) is 4.35. The third-order valence-electron chi connectivity index (χ3n) is 2.89. The van der Waals surface area contributed by atoms with E-state index in [0.717, 1.165) is 24.0 Å². The number of benzene rings is 1. The van der Waals surface area contributed by atoms with Crippen LogP contribution in [0.3, 0.4) is 0 Å². The Hall–Kier alpha value is -0.870. The smallest absolute Gasteiger partial charge is 0.212 e. The standard InChI is InChI=1S/C12H17NO2S/c1-11-5-4-6-12(9-11)10-16(14,15)13-7-2-3-8-13/h4-6,9H,2-3,7-8,10H2,1H3. The Kier molecular flexibility index (Phi) is 3.30. The Morgan fingerprint density at radius 1 is 1.25 bits per heavy atom. The maximum Gasteiger partial charge on any atom is 0.218 e. The van der Waals surface area contributed by atoms with Crippen molar-refractivity contribution in [2.75, 3.05) is 13.1 Å². The number of aryl methyl sites for hydroxylation is 1. The van der Waals surface area contributed by atoms with Gasteiger partial charge in [0.25, 0.3) is 0 Å². The molecule has 0 unspecified atom stereocenters. The van der Waals surface area contributed by atoms with Crippen LogP contribution in [0, 0.1) is 6.92 Å². The van der Waals surface area contributed by atoms with Crippen LogP contribution in [0.25, 0.3) is 0 Å². The topological polar surface area (TPSA) is 37.4 Å². The van der Waals surface area contributed by atoms with Crippen molar-refractivity contribution in [1.29, 1.82) is 0 Å². The molecule has 1 aromatic rings. The Labute approximate surface area is 97.1 Å². The summed E-state index contributed by atoms with van der Waals surface area (Å²) in [5.74, 6) is 0.134. The van der Waals surface area contributed by atoms with Crippen molar-refractivity contribution >= 4 is 10.0 Å². The lowest BCUT2D eigenvalue weighted by molar-refractivity contribution is 0.476. The van der Waals surface area contributed by atoms with Crippen molar-refractivity contribution in [3.63, 3.8) is 0 Å². The number of hydrogen-bond acceptors (Lipinski definition) is 2. The van der Waals surface area contributed by atoms with Gasteiger partial charge in [-0.15, -0.1) is 0 Å². The minimum Gasteiger partial charge on any atom is -0.212 e. The Bertz CT molecular complexity index is 462. The molecule has 4 heteroatoms. The van der Waals surface area contributed by atoms with E-state index < -0.39 is 10.0 Å². The molecule has 0 spiro atoms. The number of rotatable bonds is 3. The van der Waals surface area contributed by atoms with Crippen LogP contribution in [0.1, 0.15) is 24.0 Å². The summed E-state index contributed by atoms with van der Waals surface area (Å²) >= 11 is 0. The molecule has 0 bridgehead atoms. The molecule has 0 saturated carbocycles. The van der Waals surface area contributed by atoms with Crippen LogP contribution < -0.4 is 0 Å². The molecule has 1 aliphatic rings. The molecule has 16 heavy (non-hydrogen) atoms. The quantitative estimate of drug-likeness (QED) is 0.808. The van der Waals surface area contributed by atoms with E-state index in [-0.39, 0.29) is 5.75 Å². The zero-order chi connectivity index (χ0) is 11.6. The van der Waals surface area contributed by atoms with Gasteiger partial charge >= 0.3 is 0 Å². The van der Waals surface area contributed by atoms with Gasteiger partial charge in [-0.05, 0) is 25.3 Å². The van der Waals surface area contributed by atoms with E-state index in [1.165, 1.54) is 0 Å². The lowest BCUT2D eigenvalue weighted by atomic mass is 10.2. The van der Waals surface area contributed by atoms with E-state index in [2.05, 4.69) is 0 Å². The molecule has 0 aromatic heterocycles. The van der Waals surface area contributed by atoms with Crippen LogP contribution in [0.2, 0.25) is 0 Å². The maximum absolute atomic E-state index is 12.0. The van der Waals surface area contributed by atoms with Gasteiger partial charge in [-0.1, -0.05) is 29.8 Å². The van der Waals surface area contributed by atoms with Crippen molar-refractivity contribution in [2.45, 2.75) is 25.5 Å². The summed E-state index contributed by atoms with van der Waals surface area (Å²) in [6.07, 6.45) is 1.99. The summed E-state index contributed by atoms with van der Waals surface area (Å²) in [5, 5.41) is 0. The van der Waals surface area contributed by atoms with E-state index in [1.54, 1.807) is 4.31 Å². The van der Waals surface area contributed by atoms with Crippen LogP contribution in [-0.4, -0.2) is 25.8 Å². The third kappa shape index (κ3) is 2.62. The average molecular weight is 239 g/mol. The second kappa shape index (κ2) is 4.55. The van der Waals surface area contributed by atoms with Crippen LogP contribution in [0.4, 0.5) is 0 Å². The van der Waals surface area contributed by atoms with Crippen molar-refractivity contribution in [2.24, 2.45) is 0 Å². The normalized spacial score (nSPS) is 17.8. The molecule has 0 atom stereocenters. The van der Waals surface area contributed by atoms with Gasteiger partial charge in [0.1, 0.15) is 0 Å². The summed E-state index contributed by atoms with van der Waals surface area (Å²) in [7, 11) is -3.10. The molecule has 3 nitrogen and oxygen atoms in total. The highest BCUT2D eigenvalue weighted by Gasteiger charge is 2.25. The fourth-order valence-corrected chi connectivity index (χ4v) is 3.67. The molecule has 0 aliphatic carbocycles. The SMILES string of the molecule is Cc1cccc(CS(=O)(=O)N2CCCC2)c1. The Balaban J connectivity index is 2.14. The van der Waals surface area contributed by atoms with Crippen molar-refractivity contribution in [3.05, 3.63) is 35.4 Å². The van der Waals surface area contributed by atoms with Crippen LogP contribution in [-0.2, 0) is 15.8 Å². The molecule has 1 aliphatic heterocycles. The molecule has 0 amide bonds. The lowest BCUT2D eigenvalue weighted by Gasteiger charge is -2.15. The highest BCUT2D eigenvalue weighted by molar-refractivity contribution is 7.88. The Morgan fingerprint density at radius 2 is 1.94 bits per heavy atom. The first-order valence-corrected chi connectivity index (χ1v) is 7.22. The fraction of sp³-hybridized carbons (Fsp3) is 0.500. The van der Waals surface area contributed by atoms with E-state index in [0.29, 0.717) is 13.1 Å². The fourth-order valence-electron chi connectivity index (χ4n) is 2.07. The van der Waals surface area contributed by atoms with Gasteiger partial charge in [0.2, 0.25) is 10.0 Å². The molecule has 0 radical (unpaired) electrons. The zero-order valence-corrected chi connectivity index (χ0v) is 10.3. The van der Waals surface area contributed by atoms with Gasteiger partial charge in [0.15, 0.2) is 0 Å². The molecular weight excluding hydrogens is 222 g/mol. The van der Waals surface area contributed by atoms with Gasteiger partial charge < -0.3 is 0 Å². The second-order valence-corrected chi connectivity index (χ2v) is 6.32. The molecule has 88 valence electrons. The molecule has 1 aromatic carbocycles. The number of nitrogens with zero attached hydrogens (tertiary/aromatic N) is 1. The predicted octanol–water partition coefficient (Wildman–Crippen LogP) is 1.92. The van der Waals surface area contributed by atoms with E-state index in [9.17, 15) is 8.42 Å². The van der Waals surface area contributed by atoms with Gasteiger partial charge in [-0.2, -0.15) is 0 Å². The van der Waals surface area contributed by atoms with Gasteiger partial charge in [-0.25, -0.2) is 12.7 Å². The van der Waals surface area contributed by atoms with Crippen LogP contribution in [0.5, 0.6) is 0 Å².